The highest BCUT2D eigenvalue weighted by Gasteiger charge is 2.11. The van der Waals surface area contributed by atoms with Crippen LogP contribution >= 0.6 is 23.4 Å². The normalized spacial score (nSPS) is 12.3. The Balaban J connectivity index is 1.62. The van der Waals surface area contributed by atoms with Crippen LogP contribution in [0.1, 0.15) is 23.6 Å². The Morgan fingerprint density at radius 1 is 1.05 bits per heavy atom. The molecular formula is C17H15ClN2OS. The minimum absolute atomic E-state index is 0.337. The van der Waals surface area contributed by atoms with Gasteiger partial charge >= 0.3 is 0 Å². The van der Waals surface area contributed by atoms with Gasteiger partial charge in [-0.15, -0.1) is 22.0 Å². The molecule has 0 amide bonds. The van der Waals surface area contributed by atoms with Gasteiger partial charge < -0.3 is 4.42 Å². The van der Waals surface area contributed by atoms with E-state index in [2.05, 4.69) is 17.1 Å². The van der Waals surface area contributed by atoms with Gasteiger partial charge in [-0.25, -0.2) is 0 Å². The second-order valence-electron chi connectivity index (χ2n) is 4.87. The quantitative estimate of drug-likeness (QED) is 0.629. The largest absolute Gasteiger partial charge is 0.420 e. The second kappa shape index (κ2) is 6.99. The number of nitrogens with zero attached hydrogens (tertiary/aromatic N) is 2. The molecule has 0 fully saturated rings. The Bertz CT molecular complexity index is 728. The minimum atomic E-state index is 0.337. The Kier molecular flexibility index (Phi) is 4.80. The summed E-state index contributed by atoms with van der Waals surface area (Å²) in [7, 11) is 0. The van der Waals surface area contributed by atoms with E-state index in [-0.39, 0.29) is 0 Å². The molecular weight excluding hydrogens is 316 g/mol. The number of hydrogen-bond donors (Lipinski definition) is 0. The Hall–Kier alpha value is -1.78. The van der Waals surface area contributed by atoms with Crippen molar-refractivity contribution in [1.29, 1.82) is 0 Å². The average Bonchev–Trinajstić information content (AvgIpc) is 3.03. The summed E-state index contributed by atoms with van der Waals surface area (Å²) in [5.74, 6) is 1.89. The maximum Gasteiger partial charge on any atom is 0.247 e. The van der Waals surface area contributed by atoms with Gasteiger partial charge in [0.15, 0.2) is 0 Å². The average molecular weight is 331 g/mol. The molecule has 5 heteroatoms. The van der Waals surface area contributed by atoms with Gasteiger partial charge in [0.05, 0.1) is 5.75 Å². The van der Waals surface area contributed by atoms with Crippen LogP contribution < -0.4 is 0 Å². The summed E-state index contributed by atoms with van der Waals surface area (Å²) < 4.78 is 5.71. The fraction of sp³-hybridized carbons (Fsp3) is 0.176. The monoisotopic (exact) mass is 330 g/mol. The zero-order valence-electron chi connectivity index (χ0n) is 12.1. The lowest BCUT2D eigenvalue weighted by atomic mass is 10.2. The first-order chi connectivity index (χ1) is 10.7. The predicted octanol–water partition coefficient (Wildman–Crippen LogP) is 5.38. The molecule has 0 aliphatic carbocycles. The van der Waals surface area contributed by atoms with Crippen molar-refractivity contribution in [2.75, 3.05) is 0 Å². The summed E-state index contributed by atoms with van der Waals surface area (Å²) in [4.78, 5) is 0. The van der Waals surface area contributed by atoms with Crippen LogP contribution in [0.2, 0.25) is 5.02 Å². The van der Waals surface area contributed by atoms with Crippen LogP contribution in [0.15, 0.2) is 59.0 Å². The van der Waals surface area contributed by atoms with Crippen molar-refractivity contribution in [3.63, 3.8) is 0 Å². The zero-order chi connectivity index (χ0) is 15.4. The van der Waals surface area contributed by atoms with Gasteiger partial charge in [0.1, 0.15) is 0 Å². The molecule has 0 saturated heterocycles. The number of thioether (sulfide) groups is 1. The summed E-state index contributed by atoms with van der Waals surface area (Å²) in [5.41, 5.74) is 2.18. The third kappa shape index (κ3) is 3.70. The third-order valence-electron chi connectivity index (χ3n) is 3.28. The van der Waals surface area contributed by atoms with Crippen LogP contribution in [0.25, 0.3) is 11.5 Å². The number of halogens is 1. The van der Waals surface area contributed by atoms with Crippen molar-refractivity contribution in [1.82, 2.24) is 10.2 Å². The highest BCUT2D eigenvalue weighted by molar-refractivity contribution is 7.98. The van der Waals surface area contributed by atoms with Crippen molar-refractivity contribution in [2.24, 2.45) is 0 Å². The van der Waals surface area contributed by atoms with E-state index < -0.39 is 0 Å². The summed E-state index contributed by atoms with van der Waals surface area (Å²) >= 11 is 7.67. The predicted molar refractivity (Wildman–Crippen MR) is 90.9 cm³/mol. The molecule has 1 atom stereocenters. The van der Waals surface area contributed by atoms with E-state index >= 15 is 0 Å². The smallest absolute Gasteiger partial charge is 0.247 e. The molecule has 0 radical (unpaired) electrons. The summed E-state index contributed by atoms with van der Waals surface area (Å²) in [6.07, 6.45) is 0. The molecule has 22 heavy (non-hydrogen) atoms. The molecule has 2 aromatic carbocycles. The summed E-state index contributed by atoms with van der Waals surface area (Å²) in [6.45, 7) is 2.16. The van der Waals surface area contributed by atoms with Crippen LogP contribution in [0, 0.1) is 0 Å². The number of rotatable bonds is 5. The van der Waals surface area contributed by atoms with Crippen LogP contribution in [0.4, 0.5) is 0 Å². The Morgan fingerprint density at radius 3 is 2.50 bits per heavy atom. The number of hydrogen-bond acceptors (Lipinski definition) is 4. The Morgan fingerprint density at radius 2 is 1.77 bits per heavy atom. The molecule has 0 N–H and O–H groups in total. The summed E-state index contributed by atoms with van der Waals surface area (Å²) in [6, 6.07) is 17.7. The van der Waals surface area contributed by atoms with Crippen molar-refractivity contribution in [2.45, 2.75) is 17.9 Å². The fourth-order valence-corrected chi connectivity index (χ4v) is 3.02. The zero-order valence-corrected chi connectivity index (χ0v) is 13.6. The molecule has 1 heterocycles. The molecule has 3 aromatic rings. The van der Waals surface area contributed by atoms with Gasteiger partial charge in [-0.1, -0.05) is 41.9 Å². The van der Waals surface area contributed by atoms with Crippen molar-refractivity contribution in [3.8, 4) is 11.5 Å². The van der Waals surface area contributed by atoms with Crippen molar-refractivity contribution >= 4 is 23.4 Å². The lowest BCUT2D eigenvalue weighted by molar-refractivity contribution is 0.528. The van der Waals surface area contributed by atoms with E-state index in [4.69, 9.17) is 16.0 Å². The molecule has 1 unspecified atom stereocenters. The van der Waals surface area contributed by atoms with Gasteiger partial charge in [0, 0.05) is 15.8 Å². The molecule has 0 aliphatic heterocycles. The van der Waals surface area contributed by atoms with E-state index in [1.54, 1.807) is 11.8 Å². The molecule has 0 spiro atoms. The van der Waals surface area contributed by atoms with Crippen LogP contribution in [-0.2, 0) is 5.75 Å². The van der Waals surface area contributed by atoms with E-state index in [1.807, 2.05) is 54.6 Å². The first kappa shape index (κ1) is 15.1. The highest BCUT2D eigenvalue weighted by atomic mass is 35.5. The highest BCUT2D eigenvalue weighted by Crippen LogP contribution is 2.31. The van der Waals surface area contributed by atoms with Crippen LogP contribution in [0.3, 0.4) is 0 Å². The van der Waals surface area contributed by atoms with E-state index in [9.17, 15) is 0 Å². The third-order valence-corrected chi connectivity index (χ3v) is 4.72. The van der Waals surface area contributed by atoms with Crippen LogP contribution in [0.5, 0.6) is 0 Å². The standard InChI is InChI=1S/C17H15ClN2OS/c1-12(13-7-9-15(18)10-8-13)22-11-16-19-20-17(21-16)14-5-3-2-4-6-14/h2-10,12H,11H2,1H3. The lowest BCUT2D eigenvalue weighted by Gasteiger charge is -2.10. The maximum atomic E-state index is 5.91. The molecule has 0 bridgehead atoms. The van der Waals surface area contributed by atoms with Gasteiger partial charge in [0.2, 0.25) is 11.8 Å². The molecule has 112 valence electrons. The fourth-order valence-electron chi connectivity index (χ4n) is 2.04. The number of aromatic nitrogens is 2. The Labute approximate surface area is 138 Å². The molecule has 3 rings (SSSR count). The second-order valence-corrected chi connectivity index (χ2v) is 6.64. The molecule has 0 aliphatic rings. The van der Waals surface area contributed by atoms with E-state index in [1.165, 1.54) is 5.56 Å². The summed E-state index contributed by atoms with van der Waals surface area (Å²) in [5, 5.41) is 9.31. The van der Waals surface area contributed by atoms with E-state index in [0.717, 1.165) is 10.6 Å². The van der Waals surface area contributed by atoms with Crippen molar-refractivity contribution < 1.29 is 4.42 Å². The maximum absolute atomic E-state index is 5.91. The SMILES string of the molecule is CC(SCc1nnc(-c2ccccc2)o1)c1ccc(Cl)cc1. The van der Waals surface area contributed by atoms with Gasteiger partial charge in [-0.3, -0.25) is 0 Å². The number of benzene rings is 2. The van der Waals surface area contributed by atoms with Gasteiger partial charge in [0.25, 0.3) is 0 Å². The molecule has 0 saturated carbocycles. The van der Waals surface area contributed by atoms with E-state index in [0.29, 0.717) is 22.8 Å². The lowest BCUT2D eigenvalue weighted by Crippen LogP contribution is -1.89. The van der Waals surface area contributed by atoms with Crippen LogP contribution in [-0.4, -0.2) is 10.2 Å². The topological polar surface area (TPSA) is 38.9 Å². The van der Waals surface area contributed by atoms with Gasteiger partial charge in [-0.2, -0.15) is 0 Å². The first-order valence-electron chi connectivity index (χ1n) is 6.97. The first-order valence-corrected chi connectivity index (χ1v) is 8.40. The molecule has 1 aromatic heterocycles. The van der Waals surface area contributed by atoms with Gasteiger partial charge in [-0.05, 0) is 36.8 Å². The minimum Gasteiger partial charge on any atom is -0.420 e. The molecule has 3 nitrogen and oxygen atoms in total. The van der Waals surface area contributed by atoms with Crippen molar-refractivity contribution in [3.05, 3.63) is 71.1 Å².